The second-order valence-electron chi connectivity index (χ2n) is 8.15. The Balaban J connectivity index is 1.52. The van der Waals surface area contributed by atoms with E-state index in [4.69, 9.17) is 5.26 Å². The Hall–Kier alpha value is -0.770. The van der Waals surface area contributed by atoms with Crippen LogP contribution >= 0.6 is 0 Å². The minimum Gasteiger partial charge on any atom is -0.198 e. The lowest BCUT2D eigenvalue weighted by Gasteiger charge is -2.30. The van der Waals surface area contributed by atoms with Crippen molar-refractivity contribution in [2.45, 2.75) is 96.8 Å². The van der Waals surface area contributed by atoms with Gasteiger partial charge in [-0.1, -0.05) is 64.0 Å². The SMILES string of the molecule is CCC/C=C/CC[C@H]1CC[C@H](CCC2CCC(C#N)CC2)CC1. The maximum absolute atomic E-state index is 8.99. The Labute approximate surface area is 144 Å². The molecule has 2 fully saturated rings. The van der Waals surface area contributed by atoms with E-state index >= 15 is 0 Å². The second-order valence-corrected chi connectivity index (χ2v) is 8.15. The first-order valence-electron chi connectivity index (χ1n) is 10.4. The van der Waals surface area contributed by atoms with Crippen LogP contribution in [-0.4, -0.2) is 0 Å². The summed E-state index contributed by atoms with van der Waals surface area (Å²) in [7, 11) is 0. The summed E-state index contributed by atoms with van der Waals surface area (Å²) in [6.45, 7) is 2.25. The Kier molecular flexibility index (Phi) is 8.80. The number of hydrogen-bond donors (Lipinski definition) is 0. The summed E-state index contributed by atoms with van der Waals surface area (Å²) in [5.74, 6) is 3.31. The van der Waals surface area contributed by atoms with Crippen molar-refractivity contribution in [3.63, 3.8) is 0 Å². The van der Waals surface area contributed by atoms with Crippen LogP contribution in [0.1, 0.15) is 96.8 Å². The predicted molar refractivity (Wildman–Crippen MR) is 99.0 cm³/mol. The molecule has 0 bridgehead atoms. The zero-order valence-corrected chi connectivity index (χ0v) is 15.3. The number of nitriles is 1. The fourth-order valence-corrected chi connectivity index (χ4v) is 4.59. The molecular formula is C22H37N. The average Bonchev–Trinajstić information content (AvgIpc) is 2.61. The van der Waals surface area contributed by atoms with Gasteiger partial charge in [-0.25, -0.2) is 0 Å². The minimum atomic E-state index is 0.369. The standard InChI is InChI=1S/C22H37N/c1-2-3-4-5-6-7-19-8-10-20(11-9-19)12-13-21-14-16-22(18-23)17-15-21/h4-5,19-22H,2-3,6-17H2,1H3/b5-4+/t19-,20-,21?,22?. The molecule has 0 amide bonds. The molecule has 0 spiro atoms. The molecule has 0 radical (unpaired) electrons. The second kappa shape index (κ2) is 10.9. The van der Waals surface area contributed by atoms with Gasteiger partial charge in [0.2, 0.25) is 0 Å². The molecule has 130 valence electrons. The molecule has 1 heteroatoms. The van der Waals surface area contributed by atoms with Gasteiger partial charge in [-0.2, -0.15) is 5.26 Å². The third-order valence-electron chi connectivity index (χ3n) is 6.34. The van der Waals surface area contributed by atoms with E-state index in [2.05, 4.69) is 25.1 Å². The number of rotatable bonds is 8. The topological polar surface area (TPSA) is 23.8 Å². The van der Waals surface area contributed by atoms with E-state index in [9.17, 15) is 0 Å². The fraction of sp³-hybridized carbons (Fsp3) is 0.864. The van der Waals surface area contributed by atoms with Crippen LogP contribution < -0.4 is 0 Å². The molecular weight excluding hydrogens is 278 g/mol. The Morgan fingerprint density at radius 2 is 1.22 bits per heavy atom. The molecule has 0 aromatic rings. The van der Waals surface area contributed by atoms with Crippen LogP contribution in [0.5, 0.6) is 0 Å². The lowest BCUT2D eigenvalue weighted by molar-refractivity contribution is 0.223. The highest BCUT2D eigenvalue weighted by Gasteiger charge is 2.24. The maximum atomic E-state index is 8.99. The van der Waals surface area contributed by atoms with Gasteiger partial charge in [0, 0.05) is 5.92 Å². The van der Waals surface area contributed by atoms with E-state index in [1.54, 1.807) is 0 Å². The molecule has 0 saturated heterocycles. The summed E-state index contributed by atoms with van der Waals surface area (Å²) < 4.78 is 0. The molecule has 0 heterocycles. The Bertz CT molecular complexity index is 362. The average molecular weight is 316 g/mol. The molecule has 2 rings (SSSR count). The van der Waals surface area contributed by atoms with Gasteiger partial charge in [0.1, 0.15) is 0 Å². The van der Waals surface area contributed by atoms with Crippen molar-refractivity contribution in [1.82, 2.24) is 0 Å². The highest BCUT2D eigenvalue weighted by molar-refractivity contribution is 4.87. The van der Waals surface area contributed by atoms with Gasteiger partial charge in [-0.15, -0.1) is 0 Å². The zero-order chi connectivity index (χ0) is 16.3. The highest BCUT2D eigenvalue weighted by Crippen LogP contribution is 2.37. The number of hydrogen-bond acceptors (Lipinski definition) is 1. The van der Waals surface area contributed by atoms with Crippen molar-refractivity contribution in [1.29, 1.82) is 5.26 Å². The van der Waals surface area contributed by atoms with Gasteiger partial charge in [0.05, 0.1) is 6.07 Å². The van der Waals surface area contributed by atoms with Crippen LogP contribution in [-0.2, 0) is 0 Å². The van der Waals surface area contributed by atoms with Crippen LogP contribution in [0.2, 0.25) is 0 Å². The molecule has 23 heavy (non-hydrogen) atoms. The van der Waals surface area contributed by atoms with E-state index < -0.39 is 0 Å². The summed E-state index contributed by atoms with van der Waals surface area (Å²) in [4.78, 5) is 0. The van der Waals surface area contributed by atoms with Gasteiger partial charge in [0.15, 0.2) is 0 Å². The molecule has 0 N–H and O–H groups in total. The van der Waals surface area contributed by atoms with Crippen molar-refractivity contribution in [3.8, 4) is 6.07 Å². The predicted octanol–water partition coefficient (Wildman–Crippen LogP) is 7.04. The van der Waals surface area contributed by atoms with Crippen LogP contribution in [0.3, 0.4) is 0 Å². The van der Waals surface area contributed by atoms with Crippen LogP contribution in [0.15, 0.2) is 12.2 Å². The monoisotopic (exact) mass is 315 g/mol. The van der Waals surface area contributed by atoms with Gasteiger partial charge in [-0.3, -0.25) is 0 Å². The molecule has 2 aliphatic rings. The maximum Gasteiger partial charge on any atom is 0.0655 e. The molecule has 0 atom stereocenters. The van der Waals surface area contributed by atoms with E-state index in [1.807, 2.05) is 0 Å². The van der Waals surface area contributed by atoms with Crippen LogP contribution in [0.25, 0.3) is 0 Å². The van der Waals surface area contributed by atoms with Gasteiger partial charge < -0.3 is 0 Å². The molecule has 2 saturated carbocycles. The number of nitrogens with zero attached hydrogens (tertiary/aromatic N) is 1. The van der Waals surface area contributed by atoms with Crippen LogP contribution in [0, 0.1) is 35.0 Å². The minimum absolute atomic E-state index is 0.369. The van der Waals surface area contributed by atoms with E-state index in [1.165, 1.54) is 89.9 Å². The smallest absolute Gasteiger partial charge is 0.0655 e. The zero-order valence-electron chi connectivity index (χ0n) is 15.3. The number of unbranched alkanes of at least 4 members (excludes halogenated alkanes) is 1. The lowest BCUT2D eigenvalue weighted by Crippen LogP contribution is -2.17. The van der Waals surface area contributed by atoms with Gasteiger partial charge in [-0.05, 0) is 62.7 Å². The molecule has 2 aliphatic carbocycles. The third kappa shape index (κ3) is 7.11. The Morgan fingerprint density at radius 1 is 0.739 bits per heavy atom. The van der Waals surface area contributed by atoms with Crippen LogP contribution in [0.4, 0.5) is 0 Å². The molecule has 0 aromatic heterocycles. The van der Waals surface area contributed by atoms with Gasteiger partial charge in [0.25, 0.3) is 0 Å². The normalized spacial score (nSPS) is 32.0. The molecule has 0 aliphatic heterocycles. The third-order valence-corrected chi connectivity index (χ3v) is 6.34. The first-order chi connectivity index (χ1) is 11.3. The van der Waals surface area contributed by atoms with E-state index in [-0.39, 0.29) is 0 Å². The van der Waals surface area contributed by atoms with Crippen molar-refractivity contribution >= 4 is 0 Å². The first-order valence-corrected chi connectivity index (χ1v) is 10.4. The summed E-state index contributed by atoms with van der Waals surface area (Å²) in [5, 5.41) is 8.99. The number of allylic oxidation sites excluding steroid dienone is 2. The summed E-state index contributed by atoms with van der Waals surface area (Å²) in [6, 6.07) is 2.46. The van der Waals surface area contributed by atoms with Crippen molar-refractivity contribution in [2.24, 2.45) is 23.7 Å². The Morgan fingerprint density at radius 3 is 1.74 bits per heavy atom. The lowest BCUT2D eigenvalue weighted by atomic mass is 9.75. The summed E-state index contributed by atoms with van der Waals surface area (Å²) in [5.41, 5.74) is 0. The molecule has 0 aromatic carbocycles. The summed E-state index contributed by atoms with van der Waals surface area (Å²) >= 11 is 0. The quantitative estimate of drug-likeness (QED) is 0.441. The van der Waals surface area contributed by atoms with E-state index in [0.717, 1.165) is 17.8 Å². The van der Waals surface area contributed by atoms with E-state index in [0.29, 0.717) is 5.92 Å². The van der Waals surface area contributed by atoms with Crippen molar-refractivity contribution in [3.05, 3.63) is 12.2 Å². The summed E-state index contributed by atoms with van der Waals surface area (Å²) in [6.07, 6.45) is 23.8. The first kappa shape index (κ1) is 18.6. The van der Waals surface area contributed by atoms with Gasteiger partial charge >= 0.3 is 0 Å². The highest BCUT2D eigenvalue weighted by atomic mass is 14.3. The molecule has 0 unspecified atom stereocenters. The largest absolute Gasteiger partial charge is 0.198 e. The van der Waals surface area contributed by atoms with Crippen molar-refractivity contribution < 1.29 is 0 Å². The molecule has 1 nitrogen and oxygen atoms in total. The fourth-order valence-electron chi connectivity index (χ4n) is 4.59. The van der Waals surface area contributed by atoms with Crippen molar-refractivity contribution in [2.75, 3.05) is 0 Å².